The number of rotatable bonds is 4. The van der Waals surface area contributed by atoms with Gasteiger partial charge in [0.05, 0.1) is 15.6 Å². The van der Waals surface area contributed by atoms with Crippen molar-refractivity contribution < 1.29 is 19.1 Å². The van der Waals surface area contributed by atoms with Crippen LogP contribution in [-0.4, -0.2) is 46.0 Å². The number of fused-ring (bicyclic) bond motifs is 1. The van der Waals surface area contributed by atoms with Crippen molar-refractivity contribution in [3.63, 3.8) is 0 Å². The van der Waals surface area contributed by atoms with Crippen LogP contribution < -0.4 is 5.32 Å². The second-order valence-corrected chi connectivity index (χ2v) is 7.81. The molecule has 2 aliphatic heterocycles. The van der Waals surface area contributed by atoms with Crippen LogP contribution in [0.3, 0.4) is 0 Å². The van der Waals surface area contributed by atoms with Crippen molar-refractivity contribution in [3.8, 4) is 0 Å². The summed E-state index contributed by atoms with van der Waals surface area (Å²) in [6, 6.07) is 6.18. The Balaban J connectivity index is 1.55. The average Bonchev–Trinajstić information content (AvgIpc) is 3.04. The summed E-state index contributed by atoms with van der Waals surface area (Å²) >= 11 is 7.54. The third-order valence-corrected chi connectivity index (χ3v) is 6.05. The molecule has 2 atom stereocenters. The molecule has 8 heteroatoms. The smallest absolute Gasteiger partial charge is 0.330 e. The summed E-state index contributed by atoms with van der Waals surface area (Å²) in [6.45, 7) is 1.55. The number of benzene rings is 1. The van der Waals surface area contributed by atoms with E-state index in [1.807, 2.05) is 6.92 Å². The number of carbonyl (C=O) groups excluding carboxylic acids is 3. The maximum atomic E-state index is 12.3. The first-order valence-corrected chi connectivity index (χ1v) is 8.94. The zero-order valence-electron chi connectivity index (χ0n) is 13.1. The van der Waals surface area contributed by atoms with Crippen molar-refractivity contribution in [2.24, 2.45) is 0 Å². The minimum absolute atomic E-state index is 0.0371. The van der Waals surface area contributed by atoms with Crippen molar-refractivity contribution in [2.45, 2.75) is 30.7 Å². The monoisotopic (exact) mass is 368 g/mol. The summed E-state index contributed by atoms with van der Waals surface area (Å²) in [5.41, 5.74) is 0.457. The Morgan fingerprint density at radius 2 is 2.21 bits per heavy atom. The fraction of sp³-hybridized carbons (Fsp3) is 0.438. The van der Waals surface area contributed by atoms with E-state index in [1.165, 1.54) is 0 Å². The molecule has 2 amide bonds. The summed E-state index contributed by atoms with van der Waals surface area (Å²) in [5, 5.41) is 2.99. The molecule has 0 aliphatic carbocycles. The Morgan fingerprint density at radius 1 is 1.46 bits per heavy atom. The van der Waals surface area contributed by atoms with Gasteiger partial charge in [-0.3, -0.25) is 9.59 Å². The molecule has 1 aromatic rings. The Morgan fingerprint density at radius 3 is 2.96 bits per heavy atom. The molecule has 0 aromatic heterocycles. The molecule has 0 spiro atoms. The van der Waals surface area contributed by atoms with E-state index in [-0.39, 0.29) is 10.8 Å². The Hall–Kier alpha value is -1.73. The number of amides is 2. The zero-order chi connectivity index (χ0) is 17.3. The van der Waals surface area contributed by atoms with Gasteiger partial charge in [0.25, 0.3) is 5.91 Å². The SMILES string of the molecule is C[C@]12CCC(=O)N1[C@@H](C(=O)OCC(=O)Nc1ccccc1Cl)CS2. The highest BCUT2D eigenvalue weighted by molar-refractivity contribution is 8.01. The number of halogens is 1. The van der Waals surface area contributed by atoms with Crippen LogP contribution in [0.5, 0.6) is 0 Å². The normalized spacial score (nSPS) is 25.5. The van der Waals surface area contributed by atoms with E-state index in [9.17, 15) is 14.4 Å². The van der Waals surface area contributed by atoms with E-state index in [2.05, 4.69) is 5.32 Å². The fourth-order valence-electron chi connectivity index (χ4n) is 2.98. The molecule has 2 saturated heterocycles. The highest BCUT2D eigenvalue weighted by Crippen LogP contribution is 2.47. The molecule has 6 nitrogen and oxygen atoms in total. The first kappa shape index (κ1) is 17.1. The number of para-hydroxylation sites is 1. The van der Waals surface area contributed by atoms with Crippen molar-refractivity contribution >= 4 is 46.8 Å². The highest BCUT2D eigenvalue weighted by Gasteiger charge is 2.53. The molecule has 0 unspecified atom stereocenters. The number of nitrogens with one attached hydrogen (secondary N) is 1. The summed E-state index contributed by atoms with van der Waals surface area (Å²) in [7, 11) is 0. The lowest BCUT2D eigenvalue weighted by molar-refractivity contribution is -0.155. The summed E-state index contributed by atoms with van der Waals surface area (Å²) in [5.74, 6) is -0.564. The van der Waals surface area contributed by atoms with Gasteiger partial charge in [-0.05, 0) is 25.5 Å². The quantitative estimate of drug-likeness (QED) is 0.825. The zero-order valence-corrected chi connectivity index (χ0v) is 14.7. The molecule has 0 bridgehead atoms. The van der Waals surface area contributed by atoms with E-state index in [0.29, 0.717) is 22.9 Å². The largest absolute Gasteiger partial charge is 0.454 e. The van der Waals surface area contributed by atoms with E-state index < -0.39 is 24.5 Å². The van der Waals surface area contributed by atoms with Crippen LogP contribution in [0.15, 0.2) is 24.3 Å². The number of ether oxygens (including phenoxy) is 1. The van der Waals surface area contributed by atoms with Gasteiger partial charge in [0, 0.05) is 12.2 Å². The molecule has 2 aliphatic rings. The topological polar surface area (TPSA) is 75.7 Å². The van der Waals surface area contributed by atoms with Gasteiger partial charge in [0.1, 0.15) is 6.04 Å². The van der Waals surface area contributed by atoms with Gasteiger partial charge in [-0.1, -0.05) is 23.7 Å². The van der Waals surface area contributed by atoms with Crippen molar-refractivity contribution in [2.75, 3.05) is 17.7 Å². The van der Waals surface area contributed by atoms with E-state index in [1.54, 1.807) is 40.9 Å². The minimum Gasteiger partial charge on any atom is -0.454 e. The predicted octanol–water partition coefficient (Wildman–Crippen LogP) is 2.28. The van der Waals surface area contributed by atoms with Crippen molar-refractivity contribution in [1.29, 1.82) is 0 Å². The number of hydrogen-bond acceptors (Lipinski definition) is 5. The number of esters is 1. The molecule has 3 rings (SSSR count). The summed E-state index contributed by atoms with van der Waals surface area (Å²) in [4.78, 5) is 37.4. The number of thioether (sulfide) groups is 1. The first-order chi connectivity index (χ1) is 11.4. The van der Waals surface area contributed by atoms with Crippen LogP contribution in [0.2, 0.25) is 5.02 Å². The van der Waals surface area contributed by atoms with Gasteiger partial charge in [0.15, 0.2) is 6.61 Å². The minimum atomic E-state index is -0.622. The number of anilines is 1. The lowest BCUT2D eigenvalue weighted by atomic mass is 10.2. The van der Waals surface area contributed by atoms with Crippen molar-refractivity contribution in [1.82, 2.24) is 4.90 Å². The summed E-state index contributed by atoms with van der Waals surface area (Å²) < 4.78 is 5.10. The molecule has 128 valence electrons. The molecular weight excluding hydrogens is 352 g/mol. The van der Waals surface area contributed by atoms with Crippen LogP contribution >= 0.6 is 23.4 Å². The lowest BCUT2D eigenvalue weighted by Crippen LogP contribution is -2.47. The first-order valence-electron chi connectivity index (χ1n) is 7.58. The second kappa shape index (κ2) is 6.64. The maximum Gasteiger partial charge on any atom is 0.330 e. The number of carbonyl (C=O) groups is 3. The third-order valence-electron chi connectivity index (χ3n) is 4.21. The van der Waals surface area contributed by atoms with Gasteiger partial charge >= 0.3 is 5.97 Å². The van der Waals surface area contributed by atoms with Crippen molar-refractivity contribution in [3.05, 3.63) is 29.3 Å². The molecule has 24 heavy (non-hydrogen) atoms. The molecule has 0 saturated carbocycles. The Labute approximate surface area is 148 Å². The number of nitrogens with zero attached hydrogens (tertiary/aromatic N) is 1. The molecule has 1 N–H and O–H groups in total. The van der Waals surface area contributed by atoms with Crippen LogP contribution in [0.25, 0.3) is 0 Å². The average molecular weight is 369 g/mol. The van der Waals surface area contributed by atoms with Crippen LogP contribution in [-0.2, 0) is 19.1 Å². The Bertz CT molecular complexity index is 698. The molecule has 1 aromatic carbocycles. The van der Waals surface area contributed by atoms with E-state index in [4.69, 9.17) is 16.3 Å². The highest BCUT2D eigenvalue weighted by atomic mass is 35.5. The van der Waals surface area contributed by atoms with E-state index in [0.717, 1.165) is 6.42 Å². The van der Waals surface area contributed by atoms with Crippen LogP contribution in [0.4, 0.5) is 5.69 Å². The van der Waals surface area contributed by atoms with Crippen LogP contribution in [0.1, 0.15) is 19.8 Å². The van der Waals surface area contributed by atoms with Crippen LogP contribution in [0, 0.1) is 0 Å². The standard InChI is InChI=1S/C16H17ClN2O4S/c1-16-7-6-14(21)19(16)12(9-24-16)15(22)23-8-13(20)18-11-5-3-2-4-10(11)17/h2-5,12H,6-9H2,1H3,(H,18,20)/t12-,16+/m1/s1. The van der Waals surface area contributed by atoms with Gasteiger partial charge in [-0.2, -0.15) is 0 Å². The molecule has 2 heterocycles. The third kappa shape index (κ3) is 3.23. The van der Waals surface area contributed by atoms with E-state index >= 15 is 0 Å². The van der Waals surface area contributed by atoms with Gasteiger partial charge < -0.3 is 15.0 Å². The second-order valence-electron chi connectivity index (χ2n) is 5.90. The predicted molar refractivity (Wildman–Crippen MR) is 91.8 cm³/mol. The Kier molecular flexibility index (Phi) is 4.73. The fourth-order valence-corrected chi connectivity index (χ4v) is 4.58. The maximum absolute atomic E-state index is 12.3. The number of hydrogen-bond donors (Lipinski definition) is 1. The van der Waals surface area contributed by atoms with Gasteiger partial charge in [0.2, 0.25) is 5.91 Å². The molecule has 0 radical (unpaired) electrons. The summed E-state index contributed by atoms with van der Waals surface area (Å²) in [6.07, 6.45) is 1.17. The van der Waals surface area contributed by atoms with Gasteiger partial charge in [-0.25, -0.2) is 4.79 Å². The lowest BCUT2D eigenvalue weighted by Gasteiger charge is -2.29. The molecular formula is C16H17ClN2O4S. The van der Waals surface area contributed by atoms with Gasteiger partial charge in [-0.15, -0.1) is 11.8 Å². The molecule has 2 fully saturated rings.